The van der Waals surface area contributed by atoms with Crippen molar-refractivity contribution in [2.24, 2.45) is 7.05 Å². The van der Waals surface area contributed by atoms with Gasteiger partial charge in [-0.05, 0) is 12.1 Å². The zero-order chi connectivity index (χ0) is 20.9. The van der Waals surface area contributed by atoms with E-state index in [0.29, 0.717) is 38.7 Å². The van der Waals surface area contributed by atoms with E-state index in [-0.39, 0.29) is 56.8 Å². The van der Waals surface area contributed by atoms with Gasteiger partial charge in [-0.2, -0.15) is 5.10 Å². The standard InChI is InChI=1S/C21H21Cl2N5O.K/c1-21(2,3)18-15(23)17(28(4)27-18)19-24-14-10-13(11-8-6-7-9-12(11)22)25-20(29-5)16(14)26-19;/h6-10H,1-5H3,(H,24,26);. The third kappa shape index (κ3) is 4.21. The van der Waals surface area contributed by atoms with Gasteiger partial charge in [-0.3, -0.25) is 4.68 Å². The zero-order valence-corrected chi connectivity index (χ0v) is 22.5. The molecule has 1 aromatic carbocycles. The van der Waals surface area contributed by atoms with Crippen LogP contribution in [-0.2, 0) is 12.5 Å². The normalized spacial score (nSPS) is 11.6. The minimum absolute atomic E-state index is 0. The summed E-state index contributed by atoms with van der Waals surface area (Å²) in [6.07, 6.45) is 0. The number of fused-ring (bicyclic) bond motifs is 1. The molecule has 9 heteroatoms. The van der Waals surface area contributed by atoms with Gasteiger partial charge < -0.3 is 9.72 Å². The van der Waals surface area contributed by atoms with Gasteiger partial charge in [0.15, 0.2) is 11.3 Å². The quantitative estimate of drug-likeness (QED) is 0.416. The van der Waals surface area contributed by atoms with Crippen LogP contribution >= 0.6 is 23.2 Å². The van der Waals surface area contributed by atoms with Gasteiger partial charge in [0.25, 0.3) is 0 Å². The number of methoxy groups -OCH3 is 1. The maximum atomic E-state index is 6.69. The summed E-state index contributed by atoms with van der Waals surface area (Å²) in [6.45, 7) is 6.23. The van der Waals surface area contributed by atoms with Gasteiger partial charge in [0, 0.05) is 74.4 Å². The maximum absolute atomic E-state index is 6.69. The zero-order valence-electron chi connectivity index (χ0n) is 17.8. The van der Waals surface area contributed by atoms with Gasteiger partial charge in [0.1, 0.15) is 5.69 Å². The molecule has 1 radical (unpaired) electrons. The fraction of sp³-hybridized carbons (Fsp3) is 0.286. The number of aromatic nitrogens is 5. The number of rotatable bonds is 3. The molecule has 0 unspecified atom stereocenters. The van der Waals surface area contributed by atoms with E-state index in [9.17, 15) is 0 Å². The van der Waals surface area contributed by atoms with E-state index >= 15 is 0 Å². The summed E-state index contributed by atoms with van der Waals surface area (Å²) in [5.74, 6) is 1.01. The van der Waals surface area contributed by atoms with Gasteiger partial charge >= 0.3 is 0 Å². The summed E-state index contributed by atoms with van der Waals surface area (Å²) >= 11 is 13.0. The Morgan fingerprint density at radius 2 is 1.80 bits per heavy atom. The number of halogens is 2. The molecule has 0 atom stereocenters. The summed E-state index contributed by atoms with van der Waals surface area (Å²) in [6, 6.07) is 9.46. The molecule has 0 aliphatic heterocycles. The second-order valence-electron chi connectivity index (χ2n) is 7.86. The predicted octanol–water partition coefficient (Wildman–Crippen LogP) is 5.26. The molecule has 151 valence electrons. The minimum atomic E-state index is -0.185. The number of imidazole rings is 1. The van der Waals surface area contributed by atoms with Crippen molar-refractivity contribution in [2.45, 2.75) is 26.2 Å². The summed E-state index contributed by atoms with van der Waals surface area (Å²) in [5.41, 5.74) is 4.26. The fourth-order valence-corrected chi connectivity index (χ4v) is 4.05. The van der Waals surface area contributed by atoms with Gasteiger partial charge in [-0.15, -0.1) is 0 Å². The van der Waals surface area contributed by atoms with E-state index in [1.807, 2.05) is 37.4 Å². The number of ether oxygens (including phenoxy) is 1. The molecule has 6 nitrogen and oxygen atoms in total. The van der Waals surface area contributed by atoms with E-state index in [1.54, 1.807) is 11.8 Å². The van der Waals surface area contributed by atoms with Crippen LogP contribution in [0.3, 0.4) is 0 Å². The Labute approximate surface area is 227 Å². The number of H-pyrrole nitrogens is 1. The van der Waals surface area contributed by atoms with Crippen molar-refractivity contribution in [2.75, 3.05) is 7.11 Å². The second-order valence-corrected chi connectivity index (χ2v) is 8.65. The van der Waals surface area contributed by atoms with Crippen molar-refractivity contribution >= 4 is 85.6 Å². The van der Waals surface area contributed by atoms with E-state index in [2.05, 4.69) is 35.8 Å². The van der Waals surface area contributed by atoms with Crippen molar-refractivity contribution in [3.63, 3.8) is 0 Å². The van der Waals surface area contributed by atoms with Gasteiger partial charge in [-0.25, -0.2) is 9.97 Å². The molecule has 3 heterocycles. The number of hydrogen-bond acceptors (Lipinski definition) is 4. The van der Waals surface area contributed by atoms with Gasteiger partial charge in [-0.1, -0.05) is 62.2 Å². The molecule has 4 rings (SSSR count). The SMILES string of the molecule is COc1nc(-c2ccccc2Cl)cc2[nH]c(-c3c(Cl)c(C(C)(C)C)nn3C)nc12.[K]. The van der Waals surface area contributed by atoms with Crippen LogP contribution in [0, 0.1) is 0 Å². The average Bonchev–Trinajstić information content (AvgIpc) is 3.21. The molecule has 3 aromatic heterocycles. The van der Waals surface area contributed by atoms with Gasteiger partial charge in [0.05, 0.1) is 29.0 Å². The average molecular weight is 469 g/mol. The summed E-state index contributed by atoms with van der Waals surface area (Å²) < 4.78 is 7.25. The maximum Gasteiger partial charge on any atom is 0.242 e. The van der Waals surface area contributed by atoms with E-state index < -0.39 is 0 Å². The topological polar surface area (TPSA) is 68.6 Å². The van der Waals surface area contributed by atoms with Crippen LogP contribution in [0.25, 0.3) is 33.8 Å². The third-order valence-electron chi connectivity index (χ3n) is 4.70. The first-order valence-electron chi connectivity index (χ1n) is 9.13. The molecule has 0 spiro atoms. The molecule has 1 N–H and O–H groups in total. The molecule has 30 heavy (non-hydrogen) atoms. The number of aryl methyl sites for hydroxylation is 1. The van der Waals surface area contributed by atoms with Crippen LogP contribution in [0.2, 0.25) is 10.0 Å². The monoisotopic (exact) mass is 468 g/mol. The third-order valence-corrected chi connectivity index (χ3v) is 5.39. The van der Waals surface area contributed by atoms with Crippen LogP contribution in [-0.4, -0.2) is 83.2 Å². The first kappa shape index (κ1) is 23.7. The molecule has 0 aliphatic rings. The van der Waals surface area contributed by atoms with Crippen molar-refractivity contribution in [1.82, 2.24) is 24.7 Å². The summed E-state index contributed by atoms with van der Waals surface area (Å²) in [5, 5.41) is 5.80. The van der Waals surface area contributed by atoms with E-state index in [0.717, 1.165) is 16.8 Å². The largest absolute Gasteiger partial charge is 0.479 e. The Bertz CT molecular complexity index is 1230. The molecular formula is C21H21Cl2KN5O. The number of aromatic amines is 1. The molecule has 0 saturated carbocycles. The summed E-state index contributed by atoms with van der Waals surface area (Å²) in [7, 11) is 3.43. The molecule has 0 saturated heterocycles. The minimum Gasteiger partial charge on any atom is -0.479 e. The van der Waals surface area contributed by atoms with E-state index in [4.69, 9.17) is 32.9 Å². The van der Waals surface area contributed by atoms with Crippen LogP contribution in [0.15, 0.2) is 30.3 Å². The molecule has 0 aliphatic carbocycles. The van der Waals surface area contributed by atoms with E-state index in [1.165, 1.54) is 0 Å². The Morgan fingerprint density at radius 3 is 2.40 bits per heavy atom. The van der Waals surface area contributed by atoms with Crippen molar-refractivity contribution in [1.29, 1.82) is 0 Å². The van der Waals surface area contributed by atoms with Crippen molar-refractivity contribution in [3.05, 3.63) is 46.1 Å². The summed E-state index contributed by atoms with van der Waals surface area (Å²) in [4.78, 5) is 12.7. The van der Waals surface area contributed by atoms with Gasteiger partial charge in [0.2, 0.25) is 5.88 Å². The van der Waals surface area contributed by atoms with Crippen molar-refractivity contribution < 1.29 is 4.74 Å². The number of pyridine rings is 1. The molecule has 0 amide bonds. The Morgan fingerprint density at radius 1 is 1.10 bits per heavy atom. The molecular weight excluding hydrogens is 448 g/mol. The molecule has 4 aromatic rings. The fourth-order valence-electron chi connectivity index (χ4n) is 3.28. The number of benzene rings is 1. The predicted molar refractivity (Wildman–Crippen MR) is 123 cm³/mol. The van der Waals surface area contributed by atoms with Crippen LogP contribution in [0.4, 0.5) is 0 Å². The first-order chi connectivity index (χ1) is 13.7. The van der Waals surface area contributed by atoms with Crippen LogP contribution in [0.5, 0.6) is 5.88 Å². The second kappa shape index (κ2) is 8.90. The van der Waals surface area contributed by atoms with Crippen molar-refractivity contribution in [3.8, 4) is 28.7 Å². The Kier molecular flexibility index (Phi) is 7.04. The smallest absolute Gasteiger partial charge is 0.242 e. The Balaban J connectivity index is 0.00000256. The number of hydrogen-bond donors (Lipinski definition) is 1. The van der Waals surface area contributed by atoms with Crippen LogP contribution in [0.1, 0.15) is 26.5 Å². The number of nitrogens with one attached hydrogen (secondary N) is 1. The molecule has 0 bridgehead atoms. The Hall–Kier alpha value is -0.934. The number of nitrogens with zero attached hydrogens (tertiary/aromatic N) is 4. The first-order valence-corrected chi connectivity index (χ1v) is 9.89. The molecule has 0 fully saturated rings. The van der Waals surface area contributed by atoms with Crippen LogP contribution < -0.4 is 4.74 Å².